The summed E-state index contributed by atoms with van der Waals surface area (Å²) >= 11 is 1.98. The standard InChI is InChI=1S/C14H19IN2O3S/c1-5-17(21(4,19)20)12-8-6-7-11(9-12)14(18)13(15)10-16(2)3/h6-10H,5H2,1-4H3. The van der Waals surface area contributed by atoms with Gasteiger partial charge in [-0.15, -0.1) is 0 Å². The smallest absolute Gasteiger partial charge is 0.232 e. The first-order valence-corrected chi connectivity index (χ1v) is 9.25. The van der Waals surface area contributed by atoms with Gasteiger partial charge in [-0.25, -0.2) is 8.42 Å². The Balaban J connectivity index is 3.20. The molecule has 0 saturated carbocycles. The largest absolute Gasteiger partial charge is 0.383 e. The van der Waals surface area contributed by atoms with Crippen LogP contribution in [0.1, 0.15) is 17.3 Å². The molecule has 1 aromatic carbocycles. The molecule has 0 aliphatic rings. The lowest BCUT2D eigenvalue weighted by atomic mass is 10.1. The molecule has 21 heavy (non-hydrogen) atoms. The molecule has 0 bridgehead atoms. The van der Waals surface area contributed by atoms with E-state index < -0.39 is 10.0 Å². The summed E-state index contributed by atoms with van der Waals surface area (Å²) in [5.74, 6) is -0.129. The second-order valence-corrected chi connectivity index (χ2v) is 7.82. The highest BCUT2D eigenvalue weighted by Crippen LogP contribution is 2.22. The van der Waals surface area contributed by atoms with E-state index in [1.807, 2.05) is 36.7 Å². The van der Waals surface area contributed by atoms with Crippen LogP contribution in [0.2, 0.25) is 0 Å². The highest BCUT2D eigenvalue weighted by atomic mass is 127. The second-order valence-electron chi connectivity index (χ2n) is 4.75. The molecule has 0 amide bonds. The summed E-state index contributed by atoms with van der Waals surface area (Å²) in [5.41, 5.74) is 0.969. The molecule has 0 saturated heterocycles. The van der Waals surface area contributed by atoms with E-state index in [0.717, 1.165) is 6.26 Å². The van der Waals surface area contributed by atoms with Crippen molar-refractivity contribution in [3.63, 3.8) is 0 Å². The molecule has 0 atom stereocenters. The minimum absolute atomic E-state index is 0.129. The molecule has 5 nitrogen and oxygen atoms in total. The molecule has 0 unspecified atom stereocenters. The average molecular weight is 422 g/mol. The van der Waals surface area contributed by atoms with Gasteiger partial charge in [0, 0.05) is 32.4 Å². The molecule has 0 N–H and O–H groups in total. The Labute approximate surface area is 139 Å². The van der Waals surface area contributed by atoms with Gasteiger partial charge in [-0.1, -0.05) is 12.1 Å². The zero-order chi connectivity index (χ0) is 16.2. The van der Waals surface area contributed by atoms with E-state index in [1.54, 1.807) is 42.3 Å². The van der Waals surface area contributed by atoms with Gasteiger partial charge < -0.3 is 4.90 Å². The molecule has 0 radical (unpaired) electrons. The summed E-state index contributed by atoms with van der Waals surface area (Å²) < 4.78 is 25.3. The summed E-state index contributed by atoms with van der Waals surface area (Å²) in [5, 5.41) is 0. The number of nitrogens with zero attached hydrogens (tertiary/aromatic N) is 2. The first-order valence-electron chi connectivity index (χ1n) is 6.33. The number of allylic oxidation sites excluding steroid dienone is 1. The number of rotatable bonds is 6. The molecule has 0 aliphatic heterocycles. The maximum Gasteiger partial charge on any atom is 0.232 e. The SMILES string of the molecule is CCN(c1cccc(C(=O)C(I)=CN(C)C)c1)S(C)(=O)=O. The summed E-state index contributed by atoms with van der Waals surface area (Å²) in [4.78, 5) is 14.1. The average Bonchev–Trinajstić information content (AvgIpc) is 2.36. The predicted octanol–water partition coefficient (Wildman–Crippen LogP) is 2.49. The van der Waals surface area contributed by atoms with Crippen LogP contribution in [0.3, 0.4) is 0 Å². The van der Waals surface area contributed by atoms with Crippen molar-refractivity contribution in [2.45, 2.75) is 6.92 Å². The topological polar surface area (TPSA) is 57.7 Å². The van der Waals surface area contributed by atoms with E-state index in [0.29, 0.717) is 21.4 Å². The Bertz CT molecular complexity index is 654. The summed E-state index contributed by atoms with van der Waals surface area (Å²) in [6.45, 7) is 2.08. The Kier molecular flexibility index (Phi) is 6.21. The van der Waals surface area contributed by atoms with Crippen molar-refractivity contribution in [2.75, 3.05) is 31.2 Å². The van der Waals surface area contributed by atoms with Crippen LogP contribution in [0.5, 0.6) is 0 Å². The number of hydrogen-bond acceptors (Lipinski definition) is 4. The lowest BCUT2D eigenvalue weighted by Crippen LogP contribution is -2.29. The number of halogens is 1. The normalized spacial score (nSPS) is 12.1. The zero-order valence-corrected chi connectivity index (χ0v) is 15.5. The molecule has 0 spiro atoms. The van der Waals surface area contributed by atoms with Crippen LogP contribution in [0, 0.1) is 0 Å². The third-order valence-electron chi connectivity index (χ3n) is 2.67. The third kappa shape index (κ3) is 4.99. The number of sulfonamides is 1. The molecule has 0 aliphatic carbocycles. The first-order chi connectivity index (χ1) is 9.66. The number of benzene rings is 1. The van der Waals surface area contributed by atoms with Crippen LogP contribution < -0.4 is 4.31 Å². The number of carbonyl (C=O) groups is 1. The Morgan fingerprint density at radius 1 is 1.33 bits per heavy atom. The van der Waals surface area contributed by atoms with Crippen molar-refractivity contribution in [3.05, 3.63) is 39.6 Å². The van der Waals surface area contributed by atoms with Crippen LogP contribution >= 0.6 is 22.6 Å². The fourth-order valence-corrected chi connectivity index (χ4v) is 3.67. The van der Waals surface area contributed by atoms with Crippen molar-refractivity contribution in [2.24, 2.45) is 0 Å². The maximum atomic E-state index is 12.3. The van der Waals surface area contributed by atoms with Crippen LogP contribution in [0.25, 0.3) is 0 Å². The van der Waals surface area contributed by atoms with E-state index in [1.165, 1.54) is 4.31 Å². The fourth-order valence-electron chi connectivity index (χ4n) is 1.83. The minimum atomic E-state index is -3.35. The highest BCUT2D eigenvalue weighted by Gasteiger charge is 2.17. The van der Waals surface area contributed by atoms with Crippen molar-refractivity contribution < 1.29 is 13.2 Å². The lowest BCUT2D eigenvalue weighted by molar-refractivity contribution is 0.104. The molecule has 1 aromatic rings. The number of hydrogen-bond donors (Lipinski definition) is 0. The van der Waals surface area contributed by atoms with E-state index in [4.69, 9.17) is 0 Å². The molecule has 1 rings (SSSR count). The number of ketones is 1. The lowest BCUT2D eigenvalue weighted by Gasteiger charge is -2.20. The molecule has 116 valence electrons. The van der Waals surface area contributed by atoms with E-state index >= 15 is 0 Å². The molecule has 0 aromatic heterocycles. The van der Waals surface area contributed by atoms with Crippen molar-refractivity contribution in [1.82, 2.24) is 4.90 Å². The molecular formula is C14H19IN2O3S. The van der Waals surface area contributed by atoms with Crippen LogP contribution in [-0.2, 0) is 10.0 Å². The molecule has 7 heteroatoms. The summed E-state index contributed by atoms with van der Waals surface area (Å²) in [6.07, 6.45) is 2.88. The van der Waals surface area contributed by atoms with E-state index in [9.17, 15) is 13.2 Å². The molecule has 0 fully saturated rings. The van der Waals surface area contributed by atoms with Crippen molar-refractivity contribution >= 4 is 44.1 Å². The van der Waals surface area contributed by atoms with Gasteiger partial charge in [-0.3, -0.25) is 9.10 Å². The quantitative estimate of drug-likeness (QED) is 0.402. The monoisotopic (exact) mass is 422 g/mol. The van der Waals surface area contributed by atoms with Gasteiger partial charge in [0.2, 0.25) is 15.8 Å². The van der Waals surface area contributed by atoms with Gasteiger partial charge in [-0.2, -0.15) is 0 Å². The van der Waals surface area contributed by atoms with E-state index in [-0.39, 0.29) is 5.78 Å². The second kappa shape index (κ2) is 7.26. The molecular weight excluding hydrogens is 403 g/mol. The summed E-state index contributed by atoms with van der Waals surface area (Å²) in [7, 11) is 0.324. The van der Waals surface area contributed by atoms with Gasteiger partial charge >= 0.3 is 0 Å². The van der Waals surface area contributed by atoms with Crippen LogP contribution in [0.4, 0.5) is 5.69 Å². The fraction of sp³-hybridized carbons (Fsp3) is 0.357. The summed E-state index contributed by atoms with van der Waals surface area (Å²) in [6, 6.07) is 6.67. The number of Topliss-reactive ketones (excluding diaryl/α,β-unsaturated/α-hetero) is 1. The Morgan fingerprint density at radius 2 is 1.95 bits per heavy atom. The zero-order valence-electron chi connectivity index (χ0n) is 12.5. The van der Waals surface area contributed by atoms with Crippen LogP contribution in [-0.4, -0.2) is 46.0 Å². The van der Waals surface area contributed by atoms with Gasteiger partial charge in [-0.05, 0) is 41.6 Å². The highest BCUT2D eigenvalue weighted by molar-refractivity contribution is 14.1. The van der Waals surface area contributed by atoms with Crippen molar-refractivity contribution in [1.29, 1.82) is 0 Å². The first kappa shape index (κ1) is 18.0. The van der Waals surface area contributed by atoms with Gasteiger partial charge in [0.15, 0.2) is 0 Å². The minimum Gasteiger partial charge on any atom is -0.383 e. The van der Waals surface area contributed by atoms with Gasteiger partial charge in [0.05, 0.1) is 15.5 Å². The molecule has 0 heterocycles. The van der Waals surface area contributed by atoms with Gasteiger partial charge in [0.25, 0.3) is 0 Å². The Morgan fingerprint density at radius 3 is 2.43 bits per heavy atom. The maximum absolute atomic E-state index is 12.3. The Hall–Kier alpha value is -1.09. The number of carbonyl (C=O) groups excluding carboxylic acids is 1. The number of anilines is 1. The van der Waals surface area contributed by atoms with E-state index in [2.05, 4.69) is 0 Å². The van der Waals surface area contributed by atoms with Crippen LogP contribution in [0.15, 0.2) is 34.0 Å². The third-order valence-corrected chi connectivity index (χ3v) is 4.71. The predicted molar refractivity (Wildman–Crippen MR) is 94.4 cm³/mol. The van der Waals surface area contributed by atoms with Crippen molar-refractivity contribution in [3.8, 4) is 0 Å². The van der Waals surface area contributed by atoms with Gasteiger partial charge in [0.1, 0.15) is 0 Å².